The lowest BCUT2D eigenvalue weighted by Gasteiger charge is -1.86. The van der Waals surface area contributed by atoms with E-state index >= 15 is 0 Å². The molecule has 0 bridgehead atoms. The summed E-state index contributed by atoms with van der Waals surface area (Å²) in [5.74, 6) is 0. The third kappa shape index (κ3) is 1.16. The van der Waals surface area contributed by atoms with E-state index in [2.05, 4.69) is 14.9 Å². The second kappa shape index (κ2) is 2.26. The van der Waals surface area contributed by atoms with Crippen molar-refractivity contribution in [2.24, 2.45) is 0 Å². The first-order chi connectivity index (χ1) is 4.22. The molecule has 9 heavy (non-hydrogen) atoms. The summed E-state index contributed by atoms with van der Waals surface area (Å²) in [4.78, 5) is 0. The van der Waals surface area contributed by atoms with Crippen LogP contribution in [0, 0.1) is 0 Å². The van der Waals surface area contributed by atoms with Gasteiger partial charge >= 0.3 is 0 Å². The van der Waals surface area contributed by atoms with Crippen molar-refractivity contribution in [1.29, 1.82) is 0 Å². The van der Waals surface area contributed by atoms with Crippen LogP contribution in [-0.4, -0.2) is 10.4 Å². The van der Waals surface area contributed by atoms with Gasteiger partial charge in [0.1, 0.15) is 0 Å². The third-order valence-corrected chi connectivity index (χ3v) is 0.940. The van der Waals surface area contributed by atoms with Crippen LogP contribution < -0.4 is 0 Å². The highest BCUT2D eigenvalue weighted by atomic mass is 35.5. The molecule has 0 radical (unpaired) electrons. The monoisotopic (exact) mass is 154 g/mol. The third-order valence-electron chi connectivity index (χ3n) is 0.678. The molecule has 0 aliphatic rings. The van der Waals surface area contributed by atoms with Crippen molar-refractivity contribution in [3.8, 4) is 0 Å². The van der Waals surface area contributed by atoms with E-state index in [0.29, 0.717) is 0 Å². The average Bonchev–Trinajstić information content (AvgIpc) is 2.13. The Morgan fingerprint density at radius 1 is 1.56 bits per heavy atom. The number of aromatic nitrogens is 2. The molecule has 0 amide bonds. The Labute approximate surface area is 53.6 Å². The molecule has 0 aliphatic carbocycles. The molecule has 0 atom stereocenters. The lowest BCUT2D eigenvalue weighted by Crippen LogP contribution is -1.83. The van der Waals surface area contributed by atoms with Gasteiger partial charge in [-0.3, -0.25) is 0 Å². The van der Waals surface area contributed by atoms with E-state index in [0.717, 1.165) is 0 Å². The topological polar surface area (TPSA) is 38.9 Å². The Morgan fingerprint density at radius 3 is 2.44 bits per heavy atom. The average molecular weight is 155 g/mol. The highest BCUT2D eigenvalue weighted by Crippen LogP contribution is 2.23. The Bertz CT molecular complexity index is 201. The summed E-state index contributed by atoms with van der Waals surface area (Å²) in [6.45, 7) is 0. The van der Waals surface area contributed by atoms with Gasteiger partial charge in [0.15, 0.2) is 5.69 Å². The molecule has 3 nitrogen and oxygen atoms in total. The zero-order chi connectivity index (χ0) is 6.85. The second-order valence-electron chi connectivity index (χ2n) is 1.23. The van der Waals surface area contributed by atoms with Gasteiger partial charge in [0.05, 0.1) is 0 Å². The summed E-state index contributed by atoms with van der Waals surface area (Å²) < 4.78 is 27.3. The first kappa shape index (κ1) is 6.41. The largest absolute Gasteiger partial charge is 0.324 e. The molecule has 1 heterocycles. The van der Waals surface area contributed by atoms with Crippen molar-refractivity contribution in [3.63, 3.8) is 0 Å². The molecule has 0 unspecified atom stereocenters. The quantitative estimate of drug-likeness (QED) is 0.618. The maximum Gasteiger partial charge on any atom is 0.287 e. The molecule has 0 N–H and O–H groups in total. The lowest BCUT2D eigenvalue weighted by atomic mass is 10.5. The predicted molar refractivity (Wildman–Crippen MR) is 24.3 cm³/mol. The van der Waals surface area contributed by atoms with E-state index in [4.69, 9.17) is 11.6 Å². The molecule has 1 aromatic rings. The van der Waals surface area contributed by atoms with Crippen molar-refractivity contribution < 1.29 is 13.3 Å². The molecule has 0 spiro atoms. The van der Waals surface area contributed by atoms with Crippen LogP contribution in [0.5, 0.6) is 0 Å². The van der Waals surface area contributed by atoms with Gasteiger partial charge in [-0.15, -0.1) is 5.10 Å². The molecule has 0 saturated heterocycles. The van der Waals surface area contributed by atoms with Gasteiger partial charge < -0.3 is 4.52 Å². The summed E-state index contributed by atoms with van der Waals surface area (Å²) in [7, 11) is 0. The Morgan fingerprint density at radius 2 is 2.22 bits per heavy atom. The fourth-order valence-corrected chi connectivity index (χ4v) is 0.467. The number of nitrogens with zero attached hydrogens (tertiary/aromatic N) is 2. The van der Waals surface area contributed by atoms with Crippen molar-refractivity contribution in [3.05, 3.63) is 10.9 Å². The number of rotatable bonds is 1. The smallest absolute Gasteiger partial charge is 0.287 e. The van der Waals surface area contributed by atoms with Crippen LogP contribution in [0.4, 0.5) is 8.78 Å². The van der Waals surface area contributed by atoms with E-state index < -0.39 is 17.3 Å². The van der Waals surface area contributed by atoms with Gasteiger partial charge in [0, 0.05) is 5.27 Å². The number of alkyl halides is 2. The highest BCUT2D eigenvalue weighted by molar-refractivity contribution is 6.29. The fourth-order valence-electron chi connectivity index (χ4n) is 0.316. The predicted octanol–water partition coefficient (Wildman–Crippen LogP) is 1.66. The first-order valence-electron chi connectivity index (χ1n) is 1.97. The Balaban J connectivity index is 2.94. The molecule has 1 aromatic heterocycles. The maximum absolute atomic E-state index is 11.6. The summed E-state index contributed by atoms with van der Waals surface area (Å²) in [5.41, 5.74) is -0.614. The van der Waals surface area contributed by atoms with E-state index in [9.17, 15) is 8.78 Å². The van der Waals surface area contributed by atoms with Gasteiger partial charge in [0.25, 0.3) is 11.6 Å². The van der Waals surface area contributed by atoms with E-state index in [1.165, 1.54) is 0 Å². The van der Waals surface area contributed by atoms with Gasteiger partial charge in [-0.25, -0.2) is 8.78 Å². The highest BCUT2D eigenvalue weighted by Gasteiger charge is 2.17. The van der Waals surface area contributed by atoms with Crippen LogP contribution in [0.1, 0.15) is 12.1 Å². The fraction of sp³-hybridized carbons (Fsp3) is 0.333. The van der Waals surface area contributed by atoms with Crippen LogP contribution in [0.15, 0.2) is 4.52 Å². The first-order valence-corrected chi connectivity index (χ1v) is 2.35. The molecule has 0 fully saturated rings. The normalized spacial score (nSPS) is 10.7. The van der Waals surface area contributed by atoms with Gasteiger partial charge in [-0.05, 0) is 11.6 Å². The van der Waals surface area contributed by atoms with Crippen molar-refractivity contribution >= 4 is 11.6 Å². The number of hydrogen-bond donors (Lipinski definition) is 0. The number of halogens is 3. The zero-order valence-electron chi connectivity index (χ0n) is 4.01. The minimum absolute atomic E-state index is 0.454. The van der Waals surface area contributed by atoms with Gasteiger partial charge in [0.2, 0.25) is 0 Å². The molecule has 0 aliphatic heterocycles. The molecule has 0 aromatic carbocycles. The van der Waals surface area contributed by atoms with Crippen molar-refractivity contribution in [2.45, 2.75) is 6.43 Å². The van der Waals surface area contributed by atoms with E-state index in [1.807, 2.05) is 0 Å². The molecule has 0 saturated carbocycles. The van der Waals surface area contributed by atoms with E-state index in [1.54, 1.807) is 0 Å². The molecular formula is C3HClF2N2O. The minimum atomic E-state index is -2.72. The molecule has 50 valence electrons. The van der Waals surface area contributed by atoms with Crippen molar-refractivity contribution in [2.75, 3.05) is 0 Å². The Kier molecular flexibility index (Phi) is 1.61. The summed E-state index contributed by atoms with van der Waals surface area (Å²) in [6.07, 6.45) is -2.72. The zero-order valence-corrected chi connectivity index (χ0v) is 4.77. The van der Waals surface area contributed by atoms with Crippen LogP contribution in [0.25, 0.3) is 0 Å². The van der Waals surface area contributed by atoms with Crippen LogP contribution in [0.3, 0.4) is 0 Å². The molecule has 1 rings (SSSR count). The lowest BCUT2D eigenvalue weighted by molar-refractivity contribution is 0.146. The van der Waals surface area contributed by atoms with Crippen molar-refractivity contribution in [1.82, 2.24) is 10.4 Å². The van der Waals surface area contributed by atoms with Gasteiger partial charge in [-0.2, -0.15) is 0 Å². The number of hydrogen-bond acceptors (Lipinski definition) is 3. The van der Waals surface area contributed by atoms with Crippen LogP contribution in [-0.2, 0) is 0 Å². The molecule has 6 heteroatoms. The molecular weight excluding hydrogens is 153 g/mol. The van der Waals surface area contributed by atoms with Crippen LogP contribution in [0.2, 0.25) is 5.22 Å². The summed E-state index contributed by atoms with van der Waals surface area (Å²) in [5, 5.41) is 5.27. The second-order valence-corrected chi connectivity index (χ2v) is 1.58. The van der Waals surface area contributed by atoms with Crippen LogP contribution >= 0.6 is 11.6 Å². The SMILES string of the molecule is FC(F)c1nnoc1Cl. The summed E-state index contributed by atoms with van der Waals surface area (Å²) >= 11 is 5.06. The minimum Gasteiger partial charge on any atom is -0.324 e. The van der Waals surface area contributed by atoms with E-state index in [-0.39, 0.29) is 0 Å². The van der Waals surface area contributed by atoms with Gasteiger partial charge in [-0.1, -0.05) is 0 Å². The summed E-state index contributed by atoms with van der Waals surface area (Å²) in [6, 6.07) is 0. The standard InChI is InChI=1S/C3HClF2N2O/c4-2-1(3(5)6)7-8-9-2/h3H. The maximum atomic E-state index is 11.6. The Hall–Kier alpha value is -0.710.